The standard InChI is InChI=1S/C41H29NO2.C40H27NO2.C38H21F2NO2/c1-25(2)26-15-20-39-36(21-26)35-19-17-29(24-41(35)44-39)42(28-16-18-34-33-13-7-8-14-38(33)43-40(34)23-28)37-22-27-9-3-4-10-30(27)31-11-5-6-12-32(31)37;1-2-25-15-20-38-35(21-25)34-19-17-28(24-40(34)43-38)41(27-16-18-33-32-13-7-8-14-37(32)42-39(33)23-27)36-22-26-9-3-4-10-29(26)30-11-5-6-12-31(30)36;39-23-9-15-35-32(18-23)30-13-11-25(20-37(30)42-35)41(26-12-14-31-33-19-24(40)10-16-36(33)43-38(31)21-26)34-17-22-5-1-2-6-27(22)28-7-3-4-8-29(28)34/h3-25H,1-2H3;3-24H,2H2,1H3;1-21H. The highest BCUT2D eigenvalue weighted by Crippen LogP contribution is 2.51. The Balaban J connectivity index is 0.000000105. The first-order valence-corrected chi connectivity index (χ1v) is 44.1. The van der Waals surface area contributed by atoms with Crippen LogP contribution in [0.3, 0.4) is 0 Å². The Hall–Kier alpha value is -16.8. The number of aryl methyl sites for hydroxylation is 1. The van der Waals surface area contributed by atoms with E-state index in [4.69, 9.17) is 26.5 Å². The minimum absolute atomic E-state index is 0.303. The number of halogens is 2. The average Bonchev–Trinajstić information content (AvgIpc) is 0.798. The largest absolute Gasteiger partial charge is 0.456 e. The van der Waals surface area contributed by atoms with E-state index in [1.165, 1.54) is 83.9 Å². The van der Waals surface area contributed by atoms with Gasteiger partial charge in [0, 0.05) is 151 Å². The first kappa shape index (κ1) is 75.7. The lowest BCUT2D eigenvalue weighted by molar-refractivity contribution is 0.626. The van der Waals surface area contributed by atoms with Crippen LogP contribution in [0.15, 0.2) is 421 Å². The zero-order chi connectivity index (χ0) is 86.5. The second-order valence-corrected chi connectivity index (χ2v) is 34.1. The maximum atomic E-state index is 14.1. The Kier molecular flexibility index (Phi) is 17.6. The number of para-hydroxylation sites is 2. The van der Waals surface area contributed by atoms with Crippen molar-refractivity contribution >= 4 is 247 Å². The molecule has 11 heteroatoms. The summed E-state index contributed by atoms with van der Waals surface area (Å²) < 4.78 is 66.3. The fraction of sp³-hybridized carbons (Fsp3) is 0.0420. The van der Waals surface area contributed by atoms with Crippen molar-refractivity contribution in [3.8, 4) is 0 Å². The van der Waals surface area contributed by atoms with Crippen LogP contribution in [0.5, 0.6) is 0 Å². The molecule has 9 nitrogen and oxygen atoms in total. The summed E-state index contributed by atoms with van der Waals surface area (Å²) in [5, 5.41) is 26.4. The van der Waals surface area contributed by atoms with E-state index in [1.54, 1.807) is 12.1 Å². The summed E-state index contributed by atoms with van der Waals surface area (Å²) in [5.41, 5.74) is 21.3. The molecule has 6 aromatic heterocycles. The fourth-order valence-electron chi connectivity index (χ4n) is 19.9. The van der Waals surface area contributed by atoms with Crippen LogP contribution in [0.25, 0.3) is 196 Å². The van der Waals surface area contributed by atoms with Gasteiger partial charge in [0.2, 0.25) is 0 Å². The SMILES string of the molecule is CC(C)c1ccc2oc3cc(N(c4ccc5c(c4)oc4ccccc45)c4cc5ccccc5c5ccccc45)ccc3c2c1.CCc1ccc2oc3cc(N(c4ccc5c(c4)oc4ccccc45)c4cc5ccccc5c5ccccc45)ccc3c2c1.Fc1ccc2oc3cc(N(c4ccc5c(c4)oc4ccc(F)cc45)c4cc5ccccc5c5ccccc45)ccc3c2c1. The average molecular weight is 1680 g/mol. The third-order valence-electron chi connectivity index (χ3n) is 26.1. The Morgan fingerprint density at radius 1 is 0.200 bits per heavy atom. The summed E-state index contributed by atoms with van der Waals surface area (Å²) in [5.74, 6) is -0.154. The van der Waals surface area contributed by atoms with Gasteiger partial charge in [-0.25, -0.2) is 8.78 Å². The lowest BCUT2D eigenvalue weighted by Crippen LogP contribution is -2.10. The molecule has 21 aromatic carbocycles. The second kappa shape index (κ2) is 30.3. The number of nitrogens with zero attached hydrogens (tertiary/aromatic N) is 3. The summed E-state index contributed by atoms with van der Waals surface area (Å²) in [6.45, 7) is 6.64. The van der Waals surface area contributed by atoms with Crippen molar-refractivity contribution in [2.24, 2.45) is 0 Å². The minimum Gasteiger partial charge on any atom is -0.456 e. The van der Waals surface area contributed by atoms with Gasteiger partial charge in [0.1, 0.15) is 78.6 Å². The number of hydrogen-bond donors (Lipinski definition) is 0. The molecule has 618 valence electrons. The van der Waals surface area contributed by atoms with Crippen LogP contribution in [0, 0.1) is 11.6 Å². The Morgan fingerprint density at radius 3 is 0.769 bits per heavy atom. The van der Waals surface area contributed by atoms with E-state index in [2.05, 4.69) is 321 Å². The van der Waals surface area contributed by atoms with E-state index in [0.29, 0.717) is 28.2 Å². The lowest BCUT2D eigenvalue weighted by atomic mass is 9.98. The number of fused-ring (bicyclic) bond motifs is 27. The van der Waals surface area contributed by atoms with Crippen LogP contribution in [0.2, 0.25) is 0 Å². The molecular formula is C119H77F2N3O6. The Bertz CT molecular complexity index is 9210. The fourth-order valence-corrected chi connectivity index (χ4v) is 19.9. The molecule has 0 saturated heterocycles. The van der Waals surface area contributed by atoms with Crippen LogP contribution in [-0.4, -0.2) is 0 Å². The van der Waals surface area contributed by atoms with Crippen molar-refractivity contribution in [1.82, 2.24) is 0 Å². The summed E-state index contributed by atoms with van der Waals surface area (Å²) >= 11 is 0. The lowest BCUT2D eigenvalue weighted by Gasteiger charge is -2.27. The molecule has 0 unspecified atom stereocenters. The molecule has 0 fully saturated rings. The molecule has 0 radical (unpaired) electrons. The first-order valence-electron chi connectivity index (χ1n) is 44.1. The van der Waals surface area contributed by atoms with Gasteiger partial charge in [-0.1, -0.05) is 215 Å². The number of furan rings is 6. The molecule has 27 rings (SSSR count). The highest BCUT2D eigenvalue weighted by Gasteiger charge is 2.27. The molecule has 0 bridgehead atoms. The van der Waals surface area contributed by atoms with Crippen molar-refractivity contribution in [1.29, 1.82) is 0 Å². The molecule has 0 saturated carbocycles. The molecule has 0 N–H and O–H groups in total. The van der Waals surface area contributed by atoms with Gasteiger partial charge in [-0.3, -0.25) is 0 Å². The Morgan fingerprint density at radius 2 is 0.446 bits per heavy atom. The molecule has 0 spiro atoms. The van der Waals surface area contributed by atoms with Gasteiger partial charge in [0.25, 0.3) is 0 Å². The highest BCUT2D eigenvalue weighted by molar-refractivity contribution is 6.20. The minimum atomic E-state index is -0.303. The predicted octanol–water partition coefficient (Wildman–Crippen LogP) is 35.7. The first-order chi connectivity index (χ1) is 64.0. The van der Waals surface area contributed by atoms with E-state index in [1.807, 2.05) is 72.8 Å². The van der Waals surface area contributed by atoms with Crippen LogP contribution in [0.1, 0.15) is 37.8 Å². The number of rotatable bonds is 11. The van der Waals surface area contributed by atoms with E-state index in [0.717, 1.165) is 183 Å². The zero-order valence-electron chi connectivity index (χ0n) is 70.9. The highest BCUT2D eigenvalue weighted by atomic mass is 19.1. The summed E-state index contributed by atoms with van der Waals surface area (Å²) in [7, 11) is 0. The number of hydrogen-bond acceptors (Lipinski definition) is 9. The van der Waals surface area contributed by atoms with Gasteiger partial charge in [0.05, 0.1) is 17.1 Å². The van der Waals surface area contributed by atoms with Gasteiger partial charge < -0.3 is 41.2 Å². The van der Waals surface area contributed by atoms with Crippen molar-refractivity contribution in [2.45, 2.75) is 33.1 Å². The molecule has 0 aliphatic carbocycles. The third kappa shape index (κ3) is 12.6. The normalized spacial score (nSPS) is 12.0. The molecule has 0 amide bonds. The summed E-state index contributed by atoms with van der Waals surface area (Å²) in [4.78, 5) is 6.87. The van der Waals surface area contributed by atoms with E-state index >= 15 is 0 Å². The summed E-state index contributed by atoms with van der Waals surface area (Å²) in [6.07, 6.45) is 0.994. The van der Waals surface area contributed by atoms with Gasteiger partial charge in [-0.2, -0.15) is 0 Å². The van der Waals surface area contributed by atoms with Crippen LogP contribution < -0.4 is 14.7 Å². The van der Waals surface area contributed by atoms with Crippen LogP contribution in [-0.2, 0) is 6.42 Å². The molecule has 0 aliphatic rings. The summed E-state index contributed by atoms with van der Waals surface area (Å²) in [6, 6.07) is 135. The van der Waals surface area contributed by atoms with E-state index in [-0.39, 0.29) is 11.6 Å². The number of anilines is 9. The molecule has 130 heavy (non-hydrogen) atoms. The smallest absolute Gasteiger partial charge is 0.137 e. The molecule has 27 aromatic rings. The maximum absolute atomic E-state index is 14.1. The van der Waals surface area contributed by atoms with E-state index in [9.17, 15) is 8.78 Å². The quantitative estimate of drug-likeness (QED) is 0.118. The molecule has 6 heterocycles. The van der Waals surface area contributed by atoms with Gasteiger partial charge in [-0.15, -0.1) is 0 Å². The molecular weight excluding hydrogens is 1610 g/mol. The second-order valence-electron chi connectivity index (χ2n) is 34.1. The monoisotopic (exact) mass is 1680 g/mol. The predicted molar refractivity (Wildman–Crippen MR) is 535 cm³/mol. The Labute approximate surface area is 742 Å². The van der Waals surface area contributed by atoms with Crippen molar-refractivity contribution in [2.75, 3.05) is 14.7 Å². The molecule has 0 atom stereocenters. The topological polar surface area (TPSA) is 88.6 Å². The van der Waals surface area contributed by atoms with E-state index < -0.39 is 0 Å². The van der Waals surface area contributed by atoms with Crippen LogP contribution >= 0.6 is 0 Å². The van der Waals surface area contributed by atoms with Gasteiger partial charge in [0.15, 0.2) is 0 Å². The van der Waals surface area contributed by atoms with Gasteiger partial charge >= 0.3 is 0 Å². The van der Waals surface area contributed by atoms with Crippen molar-refractivity contribution in [3.63, 3.8) is 0 Å². The van der Waals surface area contributed by atoms with Crippen LogP contribution in [0.4, 0.5) is 60.0 Å². The zero-order valence-corrected chi connectivity index (χ0v) is 70.9. The third-order valence-corrected chi connectivity index (χ3v) is 26.1. The number of benzene rings is 21. The van der Waals surface area contributed by atoms with Crippen molar-refractivity contribution < 1.29 is 35.3 Å². The van der Waals surface area contributed by atoms with Gasteiger partial charge in [-0.05, 0) is 236 Å². The van der Waals surface area contributed by atoms with Crippen molar-refractivity contribution in [3.05, 3.63) is 417 Å². The molecule has 0 aliphatic heterocycles. The maximum Gasteiger partial charge on any atom is 0.137 e.